The van der Waals surface area contributed by atoms with Crippen molar-refractivity contribution in [3.05, 3.63) is 83.3 Å². The number of nitrogens with zero attached hydrogens (tertiary/aromatic N) is 1. The lowest BCUT2D eigenvalue weighted by molar-refractivity contribution is -0.132. The molecular weight excluding hydrogens is 398 g/mol. The number of carbonyl (C=O) groups excluding carboxylic acids is 2. The third-order valence-electron chi connectivity index (χ3n) is 5.20. The highest BCUT2D eigenvalue weighted by Crippen LogP contribution is 2.44. The average Bonchev–Trinajstić information content (AvgIpc) is 3.40. The lowest BCUT2D eigenvalue weighted by Gasteiger charge is -2.24. The standard InChI is InChI=1S/C24H21NO6/c1-14-6-8-15(9-7-14)22(26)20-21(19-5-4-10-31-19)25(24(28)23(20)27)16-11-17(29-2)13-18(12-16)30-3/h4-13,21,26H,1-3H3/b22-20-. The minimum absolute atomic E-state index is 0.0504. The molecular formula is C24H21NO6. The Morgan fingerprint density at radius 1 is 1.00 bits per heavy atom. The van der Waals surface area contributed by atoms with Crippen molar-refractivity contribution >= 4 is 23.1 Å². The van der Waals surface area contributed by atoms with E-state index in [4.69, 9.17) is 13.9 Å². The van der Waals surface area contributed by atoms with E-state index in [2.05, 4.69) is 0 Å². The first-order valence-electron chi connectivity index (χ1n) is 9.59. The van der Waals surface area contributed by atoms with Gasteiger partial charge in [0.25, 0.3) is 11.7 Å². The average molecular weight is 419 g/mol. The molecule has 1 N–H and O–H groups in total. The molecule has 2 heterocycles. The van der Waals surface area contributed by atoms with Crippen molar-refractivity contribution in [2.45, 2.75) is 13.0 Å². The number of anilines is 1. The lowest BCUT2D eigenvalue weighted by atomic mass is 9.98. The van der Waals surface area contributed by atoms with Gasteiger partial charge in [0.1, 0.15) is 29.1 Å². The highest BCUT2D eigenvalue weighted by atomic mass is 16.5. The summed E-state index contributed by atoms with van der Waals surface area (Å²) in [5, 5.41) is 11.0. The van der Waals surface area contributed by atoms with Gasteiger partial charge in [-0.3, -0.25) is 14.5 Å². The monoisotopic (exact) mass is 419 g/mol. The van der Waals surface area contributed by atoms with Crippen LogP contribution in [0.3, 0.4) is 0 Å². The quantitative estimate of drug-likeness (QED) is 0.378. The molecule has 2 aromatic carbocycles. The number of amides is 1. The van der Waals surface area contributed by atoms with Crippen LogP contribution in [0, 0.1) is 6.92 Å². The first-order valence-corrected chi connectivity index (χ1v) is 9.59. The van der Waals surface area contributed by atoms with E-state index in [-0.39, 0.29) is 11.3 Å². The summed E-state index contributed by atoms with van der Waals surface area (Å²) in [7, 11) is 2.99. The normalized spacial score (nSPS) is 17.8. The number of carbonyl (C=O) groups is 2. The van der Waals surface area contributed by atoms with Crippen LogP contribution in [0.4, 0.5) is 5.69 Å². The van der Waals surface area contributed by atoms with E-state index in [1.807, 2.05) is 19.1 Å². The molecule has 0 radical (unpaired) electrons. The minimum Gasteiger partial charge on any atom is -0.507 e. The summed E-state index contributed by atoms with van der Waals surface area (Å²) in [6, 6.07) is 14.3. The number of aliphatic hydroxyl groups excluding tert-OH is 1. The molecule has 1 unspecified atom stereocenters. The molecule has 31 heavy (non-hydrogen) atoms. The Morgan fingerprint density at radius 3 is 2.19 bits per heavy atom. The number of rotatable bonds is 5. The summed E-state index contributed by atoms with van der Waals surface area (Å²) in [4.78, 5) is 27.5. The second-order valence-electron chi connectivity index (χ2n) is 7.12. The molecule has 3 aromatic rings. The molecule has 0 bridgehead atoms. The summed E-state index contributed by atoms with van der Waals surface area (Å²) in [5.74, 6) is -0.612. The smallest absolute Gasteiger partial charge is 0.300 e. The molecule has 1 fully saturated rings. The van der Waals surface area contributed by atoms with Crippen LogP contribution in [0.2, 0.25) is 0 Å². The maximum absolute atomic E-state index is 13.1. The number of furan rings is 1. The van der Waals surface area contributed by atoms with Crippen LogP contribution in [0.1, 0.15) is 22.9 Å². The molecule has 7 heteroatoms. The van der Waals surface area contributed by atoms with Gasteiger partial charge in [0.05, 0.1) is 31.7 Å². The van der Waals surface area contributed by atoms with Crippen LogP contribution in [0.15, 0.2) is 70.9 Å². The number of Topliss-reactive ketones (excluding diaryl/α,β-unsaturated/α-hetero) is 1. The molecule has 0 aliphatic carbocycles. The number of hydrogen-bond acceptors (Lipinski definition) is 6. The third kappa shape index (κ3) is 3.54. The molecule has 1 saturated heterocycles. The minimum atomic E-state index is -0.951. The van der Waals surface area contributed by atoms with Crippen molar-refractivity contribution in [2.75, 3.05) is 19.1 Å². The molecule has 158 valence electrons. The number of aliphatic hydroxyl groups is 1. The Labute approximate surface area is 179 Å². The highest BCUT2D eigenvalue weighted by molar-refractivity contribution is 6.51. The summed E-state index contributed by atoms with van der Waals surface area (Å²) >= 11 is 0. The number of benzene rings is 2. The van der Waals surface area contributed by atoms with Gasteiger partial charge in [0.15, 0.2) is 0 Å². The van der Waals surface area contributed by atoms with Crippen molar-refractivity contribution in [1.82, 2.24) is 0 Å². The number of ether oxygens (including phenoxy) is 2. The number of aryl methyl sites for hydroxylation is 1. The van der Waals surface area contributed by atoms with E-state index in [0.717, 1.165) is 5.56 Å². The zero-order chi connectivity index (χ0) is 22.1. The summed E-state index contributed by atoms with van der Waals surface area (Å²) in [6.45, 7) is 1.92. The summed E-state index contributed by atoms with van der Waals surface area (Å²) in [6.07, 6.45) is 1.45. The van der Waals surface area contributed by atoms with E-state index in [9.17, 15) is 14.7 Å². The maximum Gasteiger partial charge on any atom is 0.300 e. The zero-order valence-corrected chi connectivity index (χ0v) is 17.3. The van der Waals surface area contributed by atoms with Crippen LogP contribution in [0.5, 0.6) is 11.5 Å². The molecule has 1 aromatic heterocycles. The summed E-state index contributed by atoms with van der Waals surface area (Å²) in [5.41, 5.74) is 1.76. The fourth-order valence-electron chi connectivity index (χ4n) is 3.61. The largest absolute Gasteiger partial charge is 0.507 e. The van der Waals surface area contributed by atoms with Crippen LogP contribution in [0.25, 0.3) is 5.76 Å². The number of ketones is 1. The van der Waals surface area contributed by atoms with Gasteiger partial charge in [0, 0.05) is 23.8 Å². The maximum atomic E-state index is 13.1. The van der Waals surface area contributed by atoms with Gasteiger partial charge < -0.3 is 19.0 Å². The van der Waals surface area contributed by atoms with Gasteiger partial charge in [-0.2, -0.15) is 0 Å². The van der Waals surface area contributed by atoms with Crippen molar-refractivity contribution < 1.29 is 28.6 Å². The molecule has 1 atom stereocenters. The SMILES string of the molecule is COc1cc(OC)cc(N2C(=O)C(=O)/C(=C(\O)c3ccc(C)cc3)C2c2ccco2)c1. The molecule has 1 amide bonds. The Bertz CT molecular complexity index is 1140. The van der Waals surface area contributed by atoms with E-state index < -0.39 is 17.7 Å². The predicted molar refractivity (Wildman–Crippen MR) is 114 cm³/mol. The van der Waals surface area contributed by atoms with Crippen LogP contribution in [-0.4, -0.2) is 31.0 Å². The third-order valence-corrected chi connectivity index (χ3v) is 5.20. The Kier molecular flexibility index (Phi) is 5.25. The van der Waals surface area contributed by atoms with E-state index >= 15 is 0 Å². The molecule has 0 saturated carbocycles. The number of hydrogen-bond donors (Lipinski definition) is 1. The Hall–Kier alpha value is -4.00. The first-order chi connectivity index (χ1) is 14.9. The fourth-order valence-corrected chi connectivity index (χ4v) is 3.61. The van der Waals surface area contributed by atoms with Gasteiger partial charge in [-0.15, -0.1) is 0 Å². The molecule has 1 aliphatic rings. The van der Waals surface area contributed by atoms with E-state index in [0.29, 0.717) is 28.5 Å². The van der Waals surface area contributed by atoms with Gasteiger partial charge in [0.2, 0.25) is 0 Å². The molecule has 0 spiro atoms. The van der Waals surface area contributed by atoms with Crippen molar-refractivity contribution in [3.63, 3.8) is 0 Å². The van der Waals surface area contributed by atoms with Crippen LogP contribution < -0.4 is 14.4 Å². The Balaban J connectivity index is 1.93. The predicted octanol–water partition coefficient (Wildman–Crippen LogP) is 4.23. The second-order valence-corrected chi connectivity index (χ2v) is 7.12. The molecule has 1 aliphatic heterocycles. The first kappa shape index (κ1) is 20.3. The summed E-state index contributed by atoms with van der Waals surface area (Å²) < 4.78 is 16.2. The molecule has 7 nitrogen and oxygen atoms in total. The molecule has 4 rings (SSSR count). The van der Waals surface area contributed by atoms with Crippen LogP contribution in [-0.2, 0) is 9.59 Å². The van der Waals surface area contributed by atoms with Crippen molar-refractivity contribution in [3.8, 4) is 11.5 Å². The van der Waals surface area contributed by atoms with Crippen molar-refractivity contribution in [1.29, 1.82) is 0 Å². The number of methoxy groups -OCH3 is 2. The van der Waals surface area contributed by atoms with E-state index in [1.165, 1.54) is 25.4 Å². The van der Waals surface area contributed by atoms with Gasteiger partial charge in [-0.05, 0) is 19.1 Å². The fraction of sp³-hybridized carbons (Fsp3) is 0.167. The van der Waals surface area contributed by atoms with Crippen molar-refractivity contribution in [2.24, 2.45) is 0 Å². The van der Waals surface area contributed by atoms with Crippen LogP contribution >= 0.6 is 0 Å². The topological polar surface area (TPSA) is 89.2 Å². The Morgan fingerprint density at radius 2 is 1.65 bits per heavy atom. The van der Waals surface area contributed by atoms with Gasteiger partial charge in [-0.25, -0.2) is 0 Å². The second kappa shape index (κ2) is 8.02. The lowest BCUT2D eigenvalue weighted by Crippen LogP contribution is -2.29. The van der Waals surface area contributed by atoms with E-state index in [1.54, 1.807) is 42.5 Å². The highest BCUT2D eigenvalue weighted by Gasteiger charge is 2.48. The zero-order valence-electron chi connectivity index (χ0n) is 17.3. The van der Waals surface area contributed by atoms with Gasteiger partial charge >= 0.3 is 0 Å². The van der Waals surface area contributed by atoms with Gasteiger partial charge in [-0.1, -0.05) is 29.8 Å².